The van der Waals surface area contributed by atoms with E-state index in [4.69, 9.17) is 23.2 Å². The molecule has 9 heteroatoms. The quantitative estimate of drug-likeness (QED) is 0.547. The molecule has 30 heavy (non-hydrogen) atoms. The number of benzene rings is 2. The first-order chi connectivity index (χ1) is 14.4. The van der Waals surface area contributed by atoms with Crippen molar-refractivity contribution in [3.05, 3.63) is 86.6 Å². The van der Waals surface area contributed by atoms with Crippen molar-refractivity contribution < 1.29 is 9.59 Å². The molecule has 1 heterocycles. The summed E-state index contributed by atoms with van der Waals surface area (Å²) in [6.07, 6.45) is 0. The Labute approximate surface area is 182 Å². The molecule has 2 amide bonds. The number of rotatable bonds is 7. The van der Waals surface area contributed by atoms with E-state index in [0.717, 1.165) is 10.2 Å². The lowest BCUT2D eigenvalue weighted by molar-refractivity contribution is -0.121. The first-order valence-corrected chi connectivity index (χ1v) is 9.83. The molecule has 0 saturated heterocycles. The topological polar surface area (TPSA) is 93.1 Å². The molecule has 0 spiro atoms. The Morgan fingerprint density at radius 2 is 1.63 bits per heavy atom. The van der Waals surface area contributed by atoms with Crippen molar-refractivity contribution in [1.82, 2.24) is 20.4 Å². The Morgan fingerprint density at radius 3 is 2.37 bits per heavy atom. The zero-order valence-corrected chi connectivity index (χ0v) is 17.3. The van der Waals surface area contributed by atoms with Crippen LogP contribution in [0.4, 0.5) is 0 Å². The van der Waals surface area contributed by atoms with Gasteiger partial charge in [0, 0.05) is 30.3 Å². The van der Waals surface area contributed by atoms with E-state index in [1.54, 1.807) is 12.1 Å². The zero-order valence-electron chi connectivity index (χ0n) is 15.8. The van der Waals surface area contributed by atoms with Gasteiger partial charge in [-0.3, -0.25) is 14.4 Å². The molecule has 0 aliphatic carbocycles. The second kappa shape index (κ2) is 10.0. The van der Waals surface area contributed by atoms with E-state index in [9.17, 15) is 14.4 Å². The van der Waals surface area contributed by atoms with Crippen LogP contribution < -0.4 is 16.2 Å². The average Bonchev–Trinajstić information content (AvgIpc) is 2.75. The molecular weight excluding hydrogens is 427 g/mol. The van der Waals surface area contributed by atoms with Crippen LogP contribution >= 0.6 is 23.2 Å². The standard InChI is InChI=1S/C21H18Cl2N4O3/c22-16-7-6-15(12-17(16)23)21(30)25-11-10-24-19(28)13-27-20(29)9-8-18(26-27)14-4-2-1-3-5-14/h1-9,12H,10-11,13H2,(H,24,28)(H,25,30). The van der Waals surface area contributed by atoms with Crippen LogP contribution in [0, 0.1) is 0 Å². The first kappa shape index (κ1) is 21.5. The van der Waals surface area contributed by atoms with Crippen molar-refractivity contribution in [2.45, 2.75) is 6.54 Å². The molecule has 3 rings (SSSR count). The summed E-state index contributed by atoms with van der Waals surface area (Å²) < 4.78 is 1.10. The Balaban J connectivity index is 1.51. The van der Waals surface area contributed by atoms with Gasteiger partial charge in [-0.15, -0.1) is 0 Å². The molecule has 0 aliphatic rings. The zero-order chi connectivity index (χ0) is 21.5. The fourth-order valence-electron chi connectivity index (χ4n) is 2.63. The van der Waals surface area contributed by atoms with Gasteiger partial charge in [0.25, 0.3) is 11.5 Å². The lowest BCUT2D eigenvalue weighted by Gasteiger charge is -2.09. The fraction of sp³-hybridized carbons (Fsp3) is 0.143. The molecule has 7 nitrogen and oxygen atoms in total. The Hall–Kier alpha value is -3.16. The molecule has 0 bridgehead atoms. The predicted octanol–water partition coefficient (Wildman–Crippen LogP) is 2.76. The summed E-state index contributed by atoms with van der Waals surface area (Å²) >= 11 is 11.7. The van der Waals surface area contributed by atoms with Crippen molar-refractivity contribution in [2.24, 2.45) is 0 Å². The number of nitrogens with zero attached hydrogens (tertiary/aromatic N) is 2. The highest BCUT2D eigenvalue weighted by Gasteiger charge is 2.10. The van der Waals surface area contributed by atoms with Crippen molar-refractivity contribution in [1.29, 1.82) is 0 Å². The molecule has 1 aromatic heterocycles. The fourth-order valence-corrected chi connectivity index (χ4v) is 2.93. The van der Waals surface area contributed by atoms with Crippen molar-refractivity contribution in [3.8, 4) is 11.3 Å². The summed E-state index contributed by atoms with van der Waals surface area (Å²) in [5, 5.41) is 10.2. The van der Waals surface area contributed by atoms with Gasteiger partial charge in [-0.1, -0.05) is 53.5 Å². The summed E-state index contributed by atoms with van der Waals surface area (Å²) in [6, 6.07) is 16.9. The maximum absolute atomic E-state index is 12.2. The highest BCUT2D eigenvalue weighted by molar-refractivity contribution is 6.42. The molecule has 2 aromatic carbocycles. The van der Waals surface area contributed by atoms with E-state index in [-0.39, 0.29) is 36.1 Å². The molecule has 0 aliphatic heterocycles. The molecule has 3 aromatic rings. The van der Waals surface area contributed by atoms with Crippen LogP contribution in [-0.2, 0) is 11.3 Å². The normalized spacial score (nSPS) is 10.5. The van der Waals surface area contributed by atoms with Crippen LogP contribution in [0.25, 0.3) is 11.3 Å². The van der Waals surface area contributed by atoms with Crippen molar-refractivity contribution in [3.63, 3.8) is 0 Å². The van der Waals surface area contributed by atoms with Gasteiger partial charge in [0.05, 0.1) is 15.7 Å². The Kier molecular flexibility index (Phi) is 7.21. The van der Waals surface area contributed by atoms with Gasteiger partial charge in [0.15, 0.2) is 0 Å². The smallest absolute Gasteiger partial charge is 0.267 e. The van der Waals surface area contributed by atoms with E-state index in [1.165, 1.54) is 18.2 Å². The molecule has 0 saturated carbocycles. The summed E-state index contributed by atoms with van der Waals surface area (Å²) in [5.74, 6) is -0.727. The third-order valence-corrected chi connectivity index (χ3v) is 4.88. The van der Waals surface area contributed by atoms with E-state index in [2.05, 4.69) is 15.7 Å². The summed E-state index contributed by atoms with van der Waals surface area (Å²) in [6.45, 7) is 0.177. The number of hydrogen-bond donors (Lipinski definition) is 2. The lowest BCUT2D eigenvalue weighted by Crippen LogP contribution is -2.38. The third-order valence-electron chi connectivity index (χ3n) is 4.14. The molecule has 0 fully saturated rings. The second-order valence-corrected chi connectivity index (χ2v) is 7.13. The minimum Gasteiger partial charge on any atom is -0.353 e. The SMILES string of the molecule is O=C(Cn1nc(-c2ccccc2)ccc1=O)NCCNC(=O)c1ccc(Cl)c(Cl)c1. The average molecular weight is 445 g/mol. The largest absolute Gasteiger partial charge is 0.353 e. The highest BCUT2D eigenvalue weighted by atomic mass is 35.5. The van der Waals surface area contributed by atoms with Gasteiger partial charge in [-0.25, -0.2) is 4.68 Å². The van der Waals surface area contributed by atoms with Crippen molar-refractivity contribution >= 4 is 35.0 Å². The van der Waals surface area contributed by atoms with E-state index in [0.29, 0.717) is 16.3 Å². The number of hydrogen-bond acceptors (Lipinski definition) is 4. The van der Waals surface area contributed by atoms with Gasteiger partial charge in [-0.2, -0.15) is 5.10 Å². The lowest BCUT2D eigenvalue weighted by atomic mass is 10.1. The first-order valence-electron chi connectivity index (χ1n) is 9.07. The van der Waals surface area contributed by atoms with Gasteiger partial charge in [-0.05, 0) is 24.3 Å². The van der Waals surface area contributed by atoms with Gasteiger partial charge in [0.2, 0.25) is 5.91 Å². The van der Waals surface area contributed by atoms with Crippen LogP contribution in [0.1, 0.15) is 10.4 Å². The minimum absolute atomic E-state index is 0.193. The summed E-state index contributed by atoms with van der Waals surface area (Å²) in [5.41, 5.74) is 1.43. The molecule has 154 valence electrons. The number of amides is 2. The molecule has 0 atom stereocenters. The molecule has 0 radical (unpaired) electrons. The number of aromatic nitrogens is 2. The third kappa shape index (κ3) is 5.68. The van der Waals surface area contributed by atoms with Crippen LogP contribution in [0.3, 0.4) is 0 Å². The molecular formula is C21H18Cl2N4O3. The van der Waals surface area contributed by atoms with Gasteiger partial charge >= 0.3 is 0 Å². The monoisotopic (exact) mass is 444 g/mol. The maximum atomic E-state index is 12.2. The minimum atomic E-state index is -0.390. The summed E-state index contributed by atoms with van der Waals surface area (Å²) in [4.78, 5) is 36.2. The van der Waals surface area contributed by atoms with Gasteiger partial charge < -0.3 is 10.6 Å². The number of carbonyl (C=O) groups excluding carboxylic acids is 2. The predicted molar refractivity (Wildman–Crippen MR) is 116 cm³/mol. The number of halogens is 2. The van der Waals surface area contributed by atoms with Crippen LogP contribution in [-0.4, -0.2) is 34.7 Å². The molecule has 0 unspecified atom stereocenters. The number of nitrogens with one attached hydrogen (secondary N) is 2. The van der Waals surface area contributed by atoms with Crippen molar-refractivity contribution in [2.75, 3.05) is 13.1 Å². The van der Waals surface area contributed by atoms with Gasteiger partial charge in [0.1, 0.15) is 6.54 Å². The van der Waals surface area contributed by atoms with Crippen LogP contribution in [0.15, 0.2) is 65.5 Å². The van der Waals surface area contributed by atoms with E-state index >= 15 is 0 Å². The van der Waals surface area contributed by atoms with E-state index in [1.807, 2.05) is 30.3 Å². The maximum Gasteiger partial charge on any atom is 0.267 e. The van der Waals surface area contributed by atoms with Crippen LogP contribution in [0.5, 0.6) is 0 Å². The Morgan fingerprint density at radius 1 is 0.900 bits per heavy atom. The second-order valence-electron chi connectivity index (χ2n) is 6.32. The highest BCUT2D eigenvalue weighted by Crippen LogP contribution is 2.22. The Bertz CT molecular complexity index is 1120. The molecule has 2 N–H and O–H groups in total. The van der Waals surface area contributed by atoms with Crippen LogP contribution in [0.2, 0.25) is 10.0 Å². The number of carbonyl (C=O) groups is 2. The summed E-state index contributed by atoms with van der Waals surface area (Å²) in [7, 11) is 0. The van der Waals surface area contributed by atoms with E-state index < -0.39 is 5.91 Å².